The second-order valence-corrected chi connectivity index (χ2v) is 8.69. The largest absolute Gasteiger partial charge is 0.353 e. The monoisotopic (exact) mass is 434 g/mol. The standard InChI is InChI=1S/C23H26N6O3/c1-15-11-18(16-3-4-16)13-25-21(15)27-7-9-28(10-8-27)22(31)17-5-6-19(24-12-17)29-14-20(30)26(2)23(29)32/h5-6,11-13,16H,3-4,7-10,14H2,1-2H3. The van der Waals surface area contributed by atoms with Crippen molar-refractivity contribution in [3.05, 3.63) is 47.3 Å². The molecule has 0 bridgehead atoms. The second kappa shape index (κ2) is 7.89. The maximum atomic E-state index is 12.9. The number of carbonyl (C=O) groups is 3. The number of likely N-dealkylation sites (N-methyl/N-ethyl adjacent to an activating group) is 1. The Labute approximate surface area is 186 Å². The summed E-state index contributed by atoms with van der Waals surface area (Å²) in [6.07, 6.45) is 6.00. The van der Waals surface area contributed by atoms with Crippen molar-refractivity contribution in [2.24, 2.45) is 0 Å². The lowest BCUT2D eigenvalue weighted by atomic mass is 10.1. The zero-order valence-electron chi connectivity index (χ0n) is 18.3. The zero-order chi connectivity index (χ0) is 22.4. The molecule has 2 aromatic rings. The number of imide groups is 1. The third-order valence-corrected chi connectivity index (χ3v) is 6.44. The molecular formula is C23H26N6O3. The van der Waals surface area contributed by atoms with Crippen LogP contribution in [-0.2, 0) is 4.79 Å². The van der Waals surface area contributed by atoms with Crippen LogP contribution in [0.15, 0.2) is 30.6 Å². The number of aromatic nitrogens is 2. The van der Waals surface area contributed by atoms with E-state index in [1.54, 1.807) is 12.1 Å². The SMILES string of the molecule is Cc1cc(C2CC2)cnc1N1CCN(C(=O)c2ccc(N3CC(=O)N(C)C3=O)nc2)CC1. The first kappa shape index (κ1) is 20.4. The summed E-state index contributed by atoms with van der Waals surface area (Å²) in [6, 6.07) is 5.12. The van der Waals surface area contributed by atoms with Crippen LogP contribution >= 0.6 is 0 Å². The van der Waals surface area contributed by atoms with Crippen LogP contribution in [-0.4, -0.2) is 77.4 Å². The van der Waals surface area contributed by atoms with Crippen LogP contribution in [0.5, 0.6) is 0 Å². The highest BCUT2D eigenvalue weighted by atomic mass is 16.2. The molecule has 3 fully saturated rings. The number of carbonyl (C=O) groups excluding carboxylic acids is 3. The topological polar surface area (TPSA) is 90.0 Å². The summed E-state index contributed by atoms with van der Waals surface area (Å²) in [5.41, 5.74) is 2.99. The van der Waals surface area contributed by atoms with Crippen LogP contribution in [0.4, 0.5) is 16.4 Å². The summed E-state index contributed by atoms with van der Waals surface area (Å²) in [6.45, 7) is 4.74. The van der Waals surface area contributed by atoms with Crippen molar-refractivity contribution in [3.8, 4) is 0 Å². The van der Waals surface area contributed by atoms with Crippen molar-refractivity contribution >= 4 is 29.5 Å². The number of hydrogen-bond donors (Lipinski definition) is 0. The molecule has 0 aromatic carbocycles. The number of aryl methyl sites for hydroxylation is 1. The minimum atomic E-state index is -0.410. The fraction of sp³-hybridized carbons (Fsp3) is 0.435. The highest BCUT2D eigenvalue weighted by Gasteiger charge is 2.35. The number of amides is 4. The van der Waals surface area contributed by atoms with Gasteiger partial charge in [-0.05, 0) is 48.9 Å². The summed E-state index contributed by atoms with van der Waals surface area (Å²) in [5.74, 6) is 1.70. The summed E-state index contributed by atoms with van der Waals surface area (Å²) in [5, 5.41) is 0. The van der Waals surface area contributed by atoms with Gasteiger partial charge in [0.05, 0.1) is 5.56 Å². The first-order chi connectivity index (χ1) is 15.4. The third-order valence-electron chi connectivity index (χ3n) is 6.44. The molecule has 0 radical (unpaired) electrons. The van der Waals surface area contributed by atoms with Crippen molar-refractivity contribution in [2.75, 3.05) is 49.6 Å². The fourth-order valence-electron chi connectivity index (χ4n) is 4.31. The molecule has 5 rings (SSSR count). The zero-order valence-corrected chi connectivity index (χ0v) is 18.3. The molecule has 2 saturated heterocycles. The van der Waals surface area contributed by atoms with Gasteiger partial charge in [-0.2, -0.15) is 0 Å². The normalized spacial score (nSPS) is 19.2. The Morgan fingerprint density at radius 1 is 1.03 bits per heavy atom. The molecule has 0 N–H and O–H groups in total. The Hall–Kier alpha value is -3.49. The maximum absolute atomic E-state index is 12.9. The molecule has 4 amide bonds. The molecule has 32 heavy (non-hydrogen) atoms. The van der Waals surface area contributed by atoms with Gasteiger partial charge in [-0.3, -0.25) is 19.4 Å². The molecule has 166 valence electrons. The van der Waals surface area contributed by atoms with Gasteiger partial charge >= 0.3 is 6.03 Å². The van der Waals surface area contributed by atoms with E-state index in [4.69, 9.17) is 4.98 Å². The summed E-state index contributed by atoms with van der Waals surface area (Å²) in [4.78, 5) is 52.2. The fourth-order valence-corrected chi connectivity index (χ4v) is 4.31. The van der Waals surface area contributed by atoms with Gasteiger partial charge in [0, 0.05) is 45.6 Å². The van der Waals surface area contributed by atoms with Crippen molar-refractivity contribution < 1.29 is 14.4 Å². The summed E-state index contributed by atoms with van der Waals surface area (Å²) < 4.78 is 0. The van der Waals surface area contributed by atoms with E-state index in [2.05, 4.69) is 22.9 Å². The van der Waals surface area contributed by atoms with E-state index in [0.717, 1.165) is 23.8 Å². The first-order valence-corrected chi connectivity index (χ1v) is 11.0. The molecule has 9 nitrogen and oxygen atoms in total. The Balaban J connectivity index is 1.21. The minimum absolute atomic E-state index is 0.0350. The maximum Gasteiger partial charge on any atom is 0.332 e. The van der Waals surface area contributed by atoms with Gasteiger partial charge in [0.15, 0.2) is 0 Å². The van der Waals surface area contributed by atoms with Crippen molar-refractivity contribution in [1.29, 1.82) is 0 Å². The summed E-state index contributed by atoms with van der Waals surface area (Å²) >= 11 is 0. The lowest BCUT2D eigenvalue weighted by molar-refractivity contribution is -0.123. The average Bonchev–Trinajstić information content (AvgIpc) is 3.63. The van der Waals surface area contributed by atoms with Gasteiger partial charge < -0.3 is 9.80 Å². The molecule has 0 spiro atoms. The van der Waals surface area contributed by atoms with Gasteiger partial charge in [0.25, 0.3) is 11.8 Å². The Bertz CT molecular complexity index is 1070. The first-order valence-electron chi connectivity index (χ1n) is 11.0. The Kier molecular flexibility index (Phi) is 5.03. The molecule has 4 heterocycles. The van der Waals surface area contributed by atoms with E-state index < -0.39 is 6.03 Å². The van der Waals surface area contributed by atoms with E-state index in [9.17, 15) is 14.4 Å². The molecule has 0 unspecified atom stereocenters. The number of pyridine rings is 2. The lowest BCUT2D eigenvalue weighted by Crippen LogP contribution is -2.49. The number of nitrogens with zero attached hydrogens (tertiary/aromatic N) is 6. The van der Waals surface area contributed by atoms with E-state index in [1.807, 2.05) is 11.1 Å². The lowest BCUT2D eigenvalue weighted by Gasteiger charge is -2.36. The molecule has 2 aromatic heterocycles. The minimum Gasteiger partial charge on any atom is -0.353 e. The Morgan fingerprint density at radius 2 is 1.78 bits per heavy atom. The van der Waals surface area contributed by atoms with Crippen LogP contribution in [0.25, 0.3) is 0 Å². The second-order valence-electron chi connectivity index (χ2n) is 8.69. The predicted molar refractivity (Wildman–Crippen MR) is 119 cm³/mol. The molecule has 1 aliphatic carbocycles. The van der Waals surface area contributed by atoms with Gasteiger partial charge in [-0.15, -0.1) is 0 Å². The number of rotatable bonds is 4. The molecule has 2 aliphatic heterocycles. The van der Waals surface area contributed by atoms with E-state index in [1.165, 1.54) is 42.1 Å². The van der Waals surface area contributed by atoms with Gasteiger partial charge in [0.1, 0.15) is 18.2 Å². The van der Waals surface area contributed by atoms with Crippen molar-refractivity contribution in [2.45, 2.75) is 25.7 Å². The molecule has 0 atom stereocenters. The van der Waals surface area contributed by atoms with E-state index in [0.29, 0.717) is 30.4 Å². The number of hydrogen-bond acceptors (Lipinski definition) is 6. The number of urea groups is 1. The third kappa shape index (κ3) is 3.68. The number of anilines is 2. The van der Waals surface area contributed by atoms with Crippen LogP contribution in [0.2, 0.25) is 0 Å². The smallest absolute Gasteiger partial charge is 0.332 e. The molecule has 9 heteroatoms. The van der Waals surface area contributed by atoms with Crippen molar-refractivity contribution in [1.82, 2.24) is 19.8 Å². The van der Waals surface area contributed by atoms with Crippen LogP contribution in [0.1, 0.15) is 40.2 Å². The van der Waals surface area contributed by atoms with Crippen LogP contribution in [0, 0.1) is 6.92 Å². The highest BCUT2D eigenvalue weighted by molar-refractivity contribution is 6.11. The van der Waals surface area contributed by atoms with Gasteiger partial charge in [0.2, 0.25) is 0 Å². The molecule has 3 aliphatic rings. The average molecular weight is 435 g/mol. The quantitative estimate of drug-likeness (QED) is 0.684. The van der Waals surface area contributed by atoms with Crippen LogP contribution in [0.3, 0.4) is 0 Å². The van der Waals surface area contributed by atoms with Gasteiger partial charge in [-0.25, -0.2) is 14.8 Å². The molecule has 1 saturated carbocycles. The summed E-state index contributed by atoms with van der Waals surface area (Å²) in [7, 11) is 1.45. The van der Waals surface area contributed by atoms with E-state index in [-0.39, 0.29) is 18.4 Å². The molecular weight excluding hydrogens is 408 g/mol. The highest BCUT2D eigenvalue weighted by Crippen LogP contribution is 2.40. The van der Waals surface area contributed by atoms with Gasteiger partial charge in [-0.1, -0.05) is 6.07 Å². The Morgan fingerprint density at radius 3 is 2.34 bits per heavy atom. The number of piperazine rings is 1. The van der Waals surface area contributed by atoms with E-state index >= 15 is 0 Å². The predicted octanol–water partition coefficient (Wildman–Crippen LogP) is 2.02. The van der Waals surface area contributed by atoms with Crippen LogP contribution < -0.4 is 9.80 Å². The van der Waals surface area contributed by atoms with Crippen molar-refractivity contribution in [3.63, 3.8) is 0 Å².